The molecule has 0 N–H and O–H groups in total. The molecule has 1 saturated heterocycles. The van der Waals surface area contributed by atoms with Gasteiger partial charge in [0.15, 0.2) is 5.78 Å². The normalized spacial score (nSPS) is 55.3. The van der Waals surface area contributed by atoms with Gasteiger partial charge in [0.05, 0.1) is 5.41 Å². The van der Waals surface area contributed by atoms with Crippen LogP contribution in [0.1, 0.15) is 19.8 Å². The number of ketones is 2. The van der Waals surface area contributed by atoms with Crippen LogP contribution in [0.15, 0.2) is 12.2 Å². The highest BCUT2D eigenvalue weighted by Gasteiger charge is 2.79. The minimum Gasteiger partial charge on any atom is -0.360 e. The number of fused-ring (bicyclic) bond motifs is 7. The highest BCUT2D eigenvalue weighted by Crippen LogP contribution is 2.68. The Hall–Kier alpha value is -0.960. The zero-order valence-corrected chi connectivity index (χ0v) is 9.18. The summed E-state index contributed by atoms with van der Waals surface area (Å²) in [7, 11) is 0. The van der Waals surface area contributed by atoms with Gasteiger partial charge in [-0.25, -0.2) is 0 Å². The number of epoxide rings is 1. The number of allylic oxidation sites excluding steroid dienone is 2. The summed E-state index contributed by atoms with van der Waals surface area (Å²) < 4.78 is 5.45. The van der Waals surface area contributed by atoms with Crippen molar-refractivity contribution in [2.45, 2.75) is 32.0 Å². The lowest BCUT2D eigenvalue weighted by molar-refractivity contribution is -0.141. The molecule has 4 rings (SSSR count). The fourth-order valence-electron chi connectivity index (χ4n) is 4.46. The Kier molecular flexibility index (Phi) is 1.41. The van der Waals surface area contributed by atoms with Crippen molar-refractivity contribution in [2.24, 2.45) is 23.2 Å². The molecular formula is C13H14O3. The molecule has 1 aliphatic heterocycles. The van der Waals surface area contributed by atoms with Gasteiger partial charge in [-0.15, -0.1) is 0 Å². The monoisotopic (exact) mass is 218 g/mol. The average Bonchev–Trinajstić information content (AvgIpc) is 2.73. The molecule has 3 fully saturated rings. The molecule has 2 saturated carbocycles. The number of carbonyl (C=O) groups excluding carboxylic acids is 2. The number of hydrogen-bond acceptors (Lipinski definition) is 3. The van der Waals surface area contributed by atoms with E-state index < -0.39 is 5.41 Å². The number of ether oxygens (including phenoxy) is 1. The second kappa shape index (κ2) is 2.48. The van der Waals surface area contributed by atoms with Gasteiger partial charge in [0.25, 0.3) is 0 Å². The van der Waals surface area contributed by atoms with Crippen LogP contribution in [0.2, 0.25) is 0 Å². The van der Waals surface area contributed by atoms with Gasteiger partial charge in [0.2, 0.25) is 0 Å². The summed E-state index contributed by atoms with van der Waals surface area (Å²) in [5, 5.41) is 0. The first-order chi connectivity index (χ1) is 7.71. The lowest BCUT2D eigenvalue weighted by Crippen LogP contribution is -2.45. The number of Topliss-reactive ketones (excluding diaryl/α,β-unsaturated/α-hetero) is 2. The third kappa shape index (κ3) is 0.698. The van der Waals surface area contributed by atoms with E-state index in [9.17, 15) is 9.59 Å². The summed E-state index contributed by atoms with van der Waals surface area (Å²) in [5.74, 6) is 0.954. The van der Waals surface area contributed by atoms with Gasteiger partial charge < -0.3 is 4.74 Å². The molecule has 0 radical (unpaired) electrons. The fraction of sp³-hybridized carbons (Fsp3) is 0.692. The Labute approximate surface area is 93.8 Å². The number of carbonyl (C=O) groups is 2. The molecular weight excluding hydrogens is 204 g/mol. The molecule has 0 amide bonds. The third-order valence-electron chi connectivity index (χ3n) is 5.03. The molecule has 0 spiro atoms. The highest BCUT2D eigenvalue weighted by atomic mass is 16.6. The smallest absolute Gasteiger partial charge is 0.169 e. The molecule has 1 heterocycles. The van der Waals surface area contributed by atoms with Gasteiger partial charge in [-0.05, 0) is 18.3 Å². The molecule has 3 heteroatoms. The van der Waals surface area contributed by atoms with Crippen LogP contribution in [0.5, 0.6) is 0 Å². The first kappa shape index (κ1) is 9.11. The van der Waals surface area contributed by atoms with E-state index in [-0.39, 0.29) is 35.6 Å². The summed E-state index contributed by atoms with van der Waals surface area (Å²) >= 11 is 0. The molecule has 6 atom stereocenters. The van der Waals surface area contributed by atoms with Crippen LogP contribution >= 0.6 is 0 Å². The molecule has 2 bridgehead atoms. The second-order valence-electron chi connectivity index (χ2n) is 5.46. The first-order valence-corrected chi connectivity index (χ1v) is 6.12. The van der Waals surface area contributed by atoms with Crippen LogP contribution in [-0.2, 0) is 14.3 Å². The maximum absolute atomic E-state index is 12.3. The standard InChI is InChI=1S/C13H14O3/c1-2-8(14)13-7-4-3-6(5-7)9(13)10(15)11-12(13)16-11/h3-4,6-7,9,11-12H,2,5H2,1H3/t6-,7-,9-,11+,12-,13+/m0/s1. The van der Waals surface area contributed by atoms with Crippen molar-refractivity contribution in [3.8, 4) is 0 Å². The van der Waals surface area contributed by atoms with Gasteiger partial charge >= 0.3 is 0 Å². The fourth-order valence-corrected chi connectivity index (χ4v) is 4.46. The largest absolute Gasteiger partial charge is 0.360 e. The Balaban J connectivity index is 1.90. The lowest BCUT2D eigenvalue weighted by atomic mass is 9.66. The summed E-state index contributed by atoms with van der Waals surface area (Å²) in [5.41, 5.74) is -0.462. The van der Waals surface area contributed by atoms with E-state index in [2.05, 4.69) is 12.2 Å². The van der Waals surface area contributed by atoms with Crippen molar-refractivity contribution in [3.63, 3.8) is 0 Å². The number of hydrogen-bond donors (Lipinski definition) is 0. The van der Waals surface area contributed by atoms with Crippen molar-refractivity contribution in [1.82, 2.24) is 0 Å². The zero-order chi connectivity index (χ0) is 11.1. The van der Waals surface area contributed by atoms with Gasteiger partial charge in [0.1, 0.15) is 18.0 Å². The first-order valence-electron chi connectivity index (χ1n) is 6.12. The molecule has 0 aromatic rings. The van der Waals surface area contributed by atoms with Gasteiger partial charge in [0, 0.05) is 12.3 Å². The van der Waals surface area contributed by atoms with E-state index >= 15 is 0 Å². The van der Waals surface area contributed by atoms with Crippen LogP contribution in [-0.4, -0.2) is 23.8 Å². The Bertz CT molecular complexity index is 438. The average molecular weight is 218 g/mol. The van der Waals surface area contributed by atoms with Crippen molar-refractivity contribution in [2.75, 3.05) is 0 Å². The van der Waals surface area contributed by atoms with Gasteiger partial charge in [-0.1, -0.05) is 19.1 Å². The Morgan fingerprint density at radius 1 is 1.56 bits per heavy atom. The maximum atomic E-state index is 12.3. The van der Waals surface area contributed by atoms with Gasteiger partial charge in [-0.2, -0.15) is 0 Å². The number of rotatable bonds is 2. The maximum Gasteiger partial charge on any atom is 0.169 e. The van der Waals surface area contributed by atoms with Crippen LogP contribution in [0.4, 0.5) is 0 Å². The molecule has 0 unspecified atom stereocenters. The predicted molar refractivity (Wildman–Crippen MR) is 55.6 cm³/mol. The van der Waals surface area contributed by atoms with E-state index in [1.165, 1.54) is 0 Å². The molecule has 4 aliphatic rings. The Morgan fingerprint density at radius 3 is 3.12 bits per heavy atom. The van der Waals surface area contributed by atoms with E-state index in [1.54, 1.807) is 0 Å². The molecule has 84 valence electrons. The topological polar surface area (TPSA) is 46.7 Å². The van der Waals surface area contributed by atoms with Crippen molar-refractivity contribution in [3.05, 3.63) is 12.2 Å². The van der Waals surface area contributed by atoms with Gasteiger partial charge in [-0.3, -0.25) is 9.59 Å². The third-order valence-corrected chi connectivity index (χ3v) is 5.03. The summed E-state index contributed by atoms with van der Waals surface area (Å²) in [6.07, 6.45) is 5.45. The SMILES string of the molecule is CCC(=O)[C@]12[C@H](C(=O)[C@H]3O[C@@H]31)[C@H]1C=C[C@H]2C1. The van der Waals surface area contributed by atoms with Crippen LogP contribution in [0.25, 0.3) is 0 Å². The van der Waals surface area contributed by atoms with E-state index in [4.69, 9.17) is 4.74 Å². The quantitative estimate of drug-likeness (QED) is 0.515. The van der Waals surface area contributed by atoms with E-state index in [0.29, 0.717) is 12.3 Å². The van der Waals surface area contributed by atoms with Crippen LogP contribution < -0.4 is 0 Å². The lowest BCUT2D eigenvalue weighted by Gasteiger charge is -2.35. The van der Waals surface area contributed by atoms with Crippen molar-refractivity contribution >= 4 is 11.6 Å². The van der Waals surface area contributed by atoms with E-state index in [1.807, 2.05) is 6.92 Å². The van der Waals surface area contributed by atoms with Crippen LogP contribution in [0.3, 0.4) is 0 Å². The second-order valence-corrected chi connectivity index (χ2v) is 5.46. The minimum atomic E-state index is -0.462. The molecule has 3 nitrogen and oxygen atoms in total. The zero-order valence-electron chi connectivity index (χ0n) is 9.18. The predicted octanol–water partition coefficient (Wildman–Crippen LogP) is 1.12. The summed E-state index contributed by atoms with van der Waals surface area (Å²) in [6, 6.07) is 0. The summed E-state index contributed by atoms with van der Waals surface area (Å²) in [4.78, 5) is 24.5. The molecule has 0 aromatic heterocycles. The van der Waals surface area contributed by atoms with E-state index in [0.717, 1.165) is 6.42 Å². The minimum absolute atomic E-state index is 0.0568. The highest BCUT2D eigenvalue weighted by molar-refractivity contribution is 6.03. The molecule has 3 aliphatic carbocycles. The molecule has 16 heavy (non-hydrogen) atoms. The van der Waals surface area contributed by atoms with Crippen molar-refractivity contribution in [1.29, 1.82) is 0 Å². The van der Waals surface area contributed by atoms with Crippen molar-refractivity contribution < 1.29 is 14.3 Å². The summed E-state index contributed by atoms with van der Waals surface area (Å²) in [6.45, 7) is 1.89. The Morgan fingerprint density at radius 2 is 2.38 bits per heavy atom. The van der Waals surface area contributed by atoms with Crippen LogP contribution in [0, 0.1) is 23.2 Å². The molecule has 0 aromatic carbocycles.